The molecule has 0 saturated carbocycles. The Balaban J connectivity index is 2.57. The number of esters is 1. The number of alkyl halides is 1. The van der Waals surface area contributed by atoms with E-state index >= 15 is 0 Å². The van der Waals surface area contributed by atoms with E-state index in [4.69, 9.17) is 25.8 Å². The van der Waals surface area contributed by atoms with E-state index in [0.29, 0.717) is 34.2 Å². The minimum absolute atomic E-state index is 0.206. The second-order valence-corrected chi connectivity index (χ2v) is 8.62. The van der Waals surface area contributed by atoms with Gasteiger partial charge in [-0.05, 0) is 24.5 Å². The van der Waals surface area contributed by atoms with Gasteiger partial charge in [-0.15, -0.1) is 11.6 Å². The van der Waals surface area contributed by atoms with Crippen LogP contribution >= 0.6 is 11.6 Å². The van der Waals surface area contributed by atoms with E-state index < -0.39 is 23.4 Å². The monoisotopic (exact) mass is 489 g/mol. The number of halogens is 1. The molecule has 2 rings (SSSR count). The number of para-hydroxylation sites is 2. The van der Waals surface area contributed by atoms with Crippen LogP contribution in [0.3, 0.4) is 0 Å². The predicted octanol–water partition coefficient (Wildman–Crippen LogP) is 4.50. The van der Waals surface area contributed by atoms with Crippen LogP contribution in [-0.4, -0.2) is 50.2 Å². The van der Waals surface area contributed by atoms with Gasteiger partial charge in [0.1, 0.15) is 6.10 Å². The number of aliphatic hydroxyl groups excluding tert-OH is 1. The summed E-state index contributed by atoms with van der Waals surface area (Å²) >= 11 is 6.16. The number of carbonyl (C=O) groups excluding carboxylic acids is 2. The van der Waals surface area contributed by atoms with Crippen molar-refractivity contribution in [1.82, 2.24) is 0 Å². The first-order valence-electron chi connectivity index (χ1n) is 10.9. The van der Waals surface area contributed by atoms with E-state index in [1.54, 1.807) is 49.4 Å². The Kier molecular flexibility index (Phi) is 9.96. The summed E-state index contributed by atoms with van der Waals surface area (Å²) in [5.41, 5.74) is 1.01. The van der Waals surface area contributed by atoms with Crippen LogP contribution in [-0.2, 0) is 14.3 Å². The molecule has 0 aliphatic rings. The number of ether oxygens (including phenoxy) is 3. The normalized spacial score (nSPS) is 12.3. The molecule has 1 N–H and O–H groups in total. The van der Waals surface area contributed by atoms with Gasteiger partial charge in [-0.25, -0.2) is 4.79 Å². The second-order valence-electron chi connectivity index (χ2n) is 8.35. The Morgan fingerprint density at radius 1 is 1.06 bits per heavy atom. The van der Waals surface area contributed by atoms with E-state index in [0.717, 1.165) is 12.2 Å². The largest absolute Gasteiger partial charge is 0.493 e. The van der Waals surface area contributed by atoms with Crippen LogP contribution in [0.1, 0.15) is 38.0 Å². The van der Waals surface area contributed by atoms with Gasteiger partial charge in [0.05, 0.1) is 26.5 Å². The fourth-order valence-electron chi connectivity index (χ4n) is 3.43. The van der Waals surface area contributed by atoms with Crippen molar-refractivity contribution in [1.29, 1.82) is 0 Å². The van der Waals surface area contributed by atoms with Gasteiger partial charge in [0.15, 0.2) is 11.5 Å². The van der Waals surface area contributed by atoms with Crippen LogP contribution in [0.4, 0.5) is 5.69 Å². The maximum Gasteiger partial charge on any atom is 0.330 e. The molecule has 8 heteroatoms. The molecule has 34 heavy (non-hydrogen) atoms. The molecule has 0 radical (unpaired) electrons. The highest BCUT2D eigenvalue weighted by atomic mass is 35.5. The van der Waals surface area contributed by atoms with Gasteiger partial charge in [0, 0.05) is 35.7 Å². The SMILES string of the molecule is CCOC(=O)C=CC(=O)N(CC(C)(C)CCl)c1ccccc1[C@H](O)c1cccc(OC)c1OC. The Hall–Kier alpha value is -3.03. The number of anilines is 1. The zero-order valence-electron chi connectivity index (χ0n) is 20.2. The number of methoxy groups -OCH3 is 2. The van der Waals surface area contributed by atoms with Crippen LogP contribution in [0.2, 0.25) is 0 Å². The number of hydrogen-bond donors (Lipinski definition) is 1. The van der Waals surface area contributed by atoms with Crippen LogP contribution < -0.4 is 14.4 Å². The third-order valence-corrected chi connectivity index (χ3v) is 5.84. The second kappa shape index (κ2) is 12.4. The van der Waals surface area contributed by atoms with Gasteiger partial charge in [0.2, 0.25) is 0 Å². The molecule has 0 aliphatic heterocycles. The lowest BCUT2D eigenvalue weighted by Gasteiger charge is -2.33. The number of rotatable bonds is 11. The number of benzene rings is 2. The lowest BCUT2D eigenvalue weighted by Crippen LogP contribution is -2.39. The number of aliphatic hydroxyl groups is 1. The molecule has 0 unspecified atom stereocenters. The van der Waals surface area contributed by atoms with E-state index in [1.807, 2.05) is 13.8 Å². The molecule has 0 aliphatic carbocycles. The summed E-state index contributed by atoms with van der Waals surface area (Å²) in [7, 11) is 3.02. The molecule has 0 heterocycles. The van der Waals surface area contributed by atoms with Crippen LogP contribution in [0.25, 0.3) is 0 Å². The van der Waals surface area contributed by atoms with Crippen molar-refractivity contribution in [3.8, 4) is 11.5 Å². The Morgan fingerprint density at radius 2 is 1.74 bits per heavy atom. The molecule has 0 spiro atoms. The third kappa shape index (κ3) is 6.74. The summed E-state index contributed by atoms with van der Waals surface area (Å²) in [5.74, 6) is 0.121. The molecule has 184 valence electrons. The maximum absolute atomic E-state index is 13.2. The van der Waals surface area contributed by atoms with Crippen molar-refractivity contribution < 1.29 is 28.9 Å². The van der Waals surface area contributed by atoms with Gasteiger partial charge in [0.25, 0.3) is 5.91 Å². The zero-order valence-corrected chi connectivity index (χ0v) is 21.0. The highest BCUT2D eigenvalue weighted by molar-refractivity contribution is 6.18. The summed E-state index contributed by atoms with van der Waals surface area (Å²) in [5, 5.41) is 11.4. The van der Waals surface area contributed by atoms with Gasteiger partial charge < -0.3 is 24.2 Å². The molecule has 0 bridgehead atoms. The molecule has 1 amide bonds. The summed E-state index contributed by atoms with van der Waals surface area (Å²) in [6.07, 6.45) is 1.14. The van der Waals surface area contributed by atoms with Crippen molar-refractivity contribution in [3.05, 3.63) is 65.7 Å². The Bertz CT molecular complexity index is 1020. The molecular weight excluding hydrogens is 458 g/mol. The number of amides is 1. The first-order chi connectivity index (χ1) is 16.2. The lowest BCUT2D eigenvalue weighted by atomic mass is 9.93. The average molecular weight is 490 g/mol. The molecule has 2 aromatic carbocycles. The standard InChI is InChI=1S/C26H32ClNO6/c1-6-34-23(30)15-14-22(29)28(17-26(2,3)16-27)20-12-8-7-10-18(20)24(31)19-11-9-13-21(32-4)25(19)33-5/h7-15,24,31H,6,16-17H2,1-5H3/t24-/m0/s1. The maximum atomic E-state index is 13.2. The fourth-order valence-corrected chi connectivity index (χ4v) is 3.52. The Labute approximate surface area is 205 Å². The summed E-state index contributed by atoms with van der Waals surface area (Å²) in [6.45, 7) is 6.01. The van der Waals surface area contributed by atoms with Crippen molar-refractivity contribution >= 4 is 29.2 Å². The van der Waals surface area contributed by atoms with E-state index in [2.05, 4.69) is 0 Å². The molecular formula is C26H32ClNO6. The minimum atomic E-state index is -1.12. The first-order valence-corrected chi connectivity index (χ1v) is 11.4. The quantitative estimate of drug-likeness (QED) is 0.284. The van der Waals surface area contributed by atoms with E-state index in [9.17, 15) is 14.7 Å². The highest BCUT2D eigenvalue weighted by Gasteiger charge is 2.29. The smallest absolute Gasteiger partial charge is 0.330 e. The minimum Gasteiger partial charge on any atom is -0.493 e. The van der Waals surface area contributed by atoms with Crippen LogP contribution in [0, 0.1) is 5.41 Å². The summed E-state index contributed by atoms with van der Waals surface area (Å²) in [4.78, 5) is 26.5. The topological polar surface area (TPSA) is 85.3 Å². The zero-order chi connectivity index (χ0) is 25.3. The van der Waals surface area contributed by atoms with Gasteiger partial charge in [-0.1, -0.05) is 44.2 Å². The van der Waals surface area contributed by atoms with Gasteiger partial charge in [-0.3, -0.25) is 4.79 Å². The number of carbonyl (C=O) groups is 2. The predicted molar refractivity (Wildman–Crippen MR) is 133 cm³/mol. The van der Waals surface area contributed by atoms with Gasteiger partial charge >= 0.3 is 5.97 Å². The molecule has 7 nitrogen and oxygen atoms in total. The number of nitrogens with zero attached hydrogens (tertiary/aromatic N) is 1. The van der Waals surface area contributed by atoms with Crippen molar-refractivity contribution in [3.63, 3.8) is 0 Å². The van der Waals surface area contributed by atoms with E-state index in [1.165, 1.54) is 19.1 Å². The average Bonchev–Trinajstić information content (AvgIpc) is 2.85. The molecule has 2 aromatic rings. The van der Waals surface area contributed by atoms with Crippen molar-refractivity contribution in [2.45, 2.75) is 26.9 Å². The van der Waals surface area contributed by atoms with Crippen molar-refractivity contribution in [2.24, 2.45) is 5.41 Å². The molecule has 0 aromatic heterocycles. The first kappa shape index (κ1) is 27.2. The highest BCUT2D eigenvalue weighted by Crippen LogP contribution is 2.40. The number of hydrogen-bond acceptors (Lipinski definition) is 6. The molecule has 0 saturated heterocycles. The van der Waals surface area contributed by atoms with Crippen molar-refractivity contribution in [2.75, 3.05) is 38.2 Å². The van der Waals surface area contributed by atoms with Crippen LogP contribution in [0.5, 0.6) is 11.5 Å². The lowest BCUT2D eigenvalue weighted by molar-refractivity contribution is -0.137. The van der Waals surface area contributed by atoms with E-state index in [-0.39, 0.29) is 13.2 Å². The summed E-state index contributed by atoms with van der Waals surface area (Å²) in [6, 6.07) is 12.3. The Morgan fingerprint density at radius 3 is 2.35 bits per heavy atom. The fraction of sp³-hybridized carbons (Fsp3) is 0.385. The van der Waals surface area contributed by atoms with Crippen LogP contribution in [0.15, 0.2) is 54.6 Å². The third-order valence-electron chi connectivity index (χ3n) is 5.11. The molecule has 0 fully saturated rings. The summed E-state index contributed by atoms with van der Waals surface area (Å²) < 4.78 is 15.7. The van der Waals surface area contributed by atoms with Gasteiger partial charge in [-0.2, -0.15) is 0 Å². The molecule has 1 atom stereocenters.